The molecule has 16 heavy (non-hydrogen) atoms. The summed E-state index contributed by atoms with van der Waals surface area (Å²) in [5.74, 6) is -0.118. The summed E-state index contributed by atoms with van der Waals surface area (Å²) >= 11 is 9.18. The van der Waals surface area contributed by atoms with Crippen molar-refractivity contribution in [2.75, 3.05) is 6.54 Å². The monoisotopic (exact) mass is 303 g/mol. The summed E-state index contributed by atoms with van der Waals surface area (Å²) in [7, 11) is 0. The smallest absolute Gasteiger partial charge is 0.126 e. The van der Waals surface area contributed by atoms with Crippen LogP contribution >= 0.6 is 27.5 Å². The third-order valence-electron chi connectivity index (χ3n) is 2.82. The van der Waals surface area contributed by atoms with Crippen molar-refractivity contribution in [1.29, 1.82) is 0 Å². The van der Waals surface area contributed by atoms with Gasteiger partial charge in [0, 0.05) is 22.1 Å². The quantitative estimate of drug-likeness (QED) is 0.892. The second-order valence-electron chi connectivity index (χ2n) is 3.91. The van der Waals surface area contributed by atoms with E-state index in [1.165, 1.54) is 6.07 Å². The van der Waals surface area contributed by atoms with Crippen LogP contribution in [0.5, 0.6) is 0 Å². The first-order valence-electron chi connectivity index (χ1n) is 5.13. The fraction of sp³-hybridized carbons (Fsp3) is 0.333. The molecule has 0 aromatic heterocycles. The zero-order chi connectivity index (χ0) is 11.7. The maximum absolute atomic E-state index is 13.6. The molecule has 4 heteroatoms. The van der Waals surface area contributed by atoms with Crippen LogP contribution in [0, 0.1) is 5.82 Å². The lowest BCUT2D eigenvalue weighted by molar-refractivity contribution is 0.560. The second kappa shape index (κ2) is 4.86. The third-order valence-corrected chi connectivity index (χ3v) is 3.64. The van der Waals surface area contributed by atoms with Gasteiger partial charge in [-0.3, -0.25) is 0 Å². The molecule has 1 aliphatic carbocycles. The van der Waals surface area contributed by atoms with Gasteiger partial charge in [0.2, 0.25) is 0 Å². The van der Waals surface area contributed by atoms with Crippen molar-refractivity contribution < 1.29 is 4.39 Å². The highest BCUT2D eigenvalue weighted by Gasteiger charge is 2.26. The Morgan fingerprint density at radius 1 is 1.62 bits per heavy atom. The van der Waals surface area contributed by atoms with E-state index in [-0.39, 0.29) is 11.9 Å². The molecule has 1 aromatic carbocycles. The molecule has 0 spiro atoms. The van der Waals surface area contributed by atoms with Gasteiger partial charge in [0.1, 0.15) is 5.82 Å². The first-order valence-corrected chi connectivity index (χ1v) is 6.30. The molecule has 86 valence electrons. The predicted octanol–water partition coefficient (Wildman–Crippen LogP) is 3.92. The van der Waals surface area contributed by atoms with E-state index < -0.39 is 0 Å². The average molecular weight is 305 g/mol. The van der Waals surface area contributed by atoms with E-state index in [0.717, 1.165) is 28.4 Å². The highest BCUT2D eigenvalue weighted by molar-refractivity contribution is 9.10. The van der Waals surface area contributed by atoms with Crippen LogP contribution in [0.4, 0.5) is 4.39 Å². The Bertz CT molecular complexity index is 433. The SMILES string of the molecule is C=C(Cl)CNC1CCc2c(F)ccc(Br)c21. The van der Waals surface area contributed by atoms with Crippen LogP contribution in [0.25, 0.3) is 0 Å². The van der Waals surface area contributed by atoms with Crippen molar-refractivity contribution in [3.05, 3.63) is 45.2 Å². The molecule has 1 atom stereocenters. The van der Waals surface area contributed by atoms with E-state index in [1.807, 2.05) is 0 Å². The molecule has 0 heterocycles. The molecular weight excluding hydrogens is 292 g/mol. The lowest BCUT2D eigenvalue weighted by atomic mass is 10.1. The molecule has 2 rings (SSSR count). The summed E-state index contributed by atoms with van der Waals surface area (Å²) in [5.41, 5.74) is 1.84. The lowest BCUT2D eigenvalue weighted by Gasteiger charge is -2.15. The molecule has 0 bridgehead atoms. The predicted molar refractivity (Wildman–Crippen MR) is 68.2 cm³/mol. The van der Waals surface area contributed by atoms with Crippen LogP contribution in [0.3, 0.4) is 0 Å². The van der Waals surface area contributed by atoms with Gasteiger partial charge in [-0.1, -0.05) is 34.1 Å². The van der Waals surface area contributed by atoms with Crippen molar-refractivity contribution >= 4 is 27.5 Å². The van der Waals surface area contributed by atoms with Crippen molar-refractivity contribution in [2.45, 2.75) is 18.9 Å². The number of hydrogen-bond acceptors (Lipinski definition) is 1. The third kappa shape index (κ3) is 2.31. The van der Waals surface area contributed by atoms with E-state index in [9.17, 15) is 4.39 Å². The molecule has 1 aliphatic rings. The van der Waals surface area contributed by atoms with Crippen LogP contribution in [-0.4, -0.2) is 6.54 Å². The second-order valence-corrected chi connectivity index (χ2v) is 5.30. The molecule has 1 nitrogen and oxygen atoms in total. The highest BCUT2D eigenvalue weighted by Crippen LogP contribution is 2.37. The number of halogens is 3. The molecule has 0 fully saturated rings. The van der Waals surface area contributed by atoms with E-state index in [1.54, 1.807) is 6.07 Å². The topological polar surface area (TPSA) is 12.0 Å². The Hall–Kier alpha value is -0.380. The minimum atomic E-state index is -0.118. The van der Waals surface area contributed by atoms with Crippen molar-refractivity contribution in [3.8, 4) is 0 Å². The minimum Gasteiger partial charge on any atom is -0.305 e. The van der Waals surface area contributed by atoms with Gasteiger partial charge >= 0.3 is 0 Å². The highest BCUT2D eigenvalue weighted by atomic mass is 79.9. The molecule has 0 saturated carbocycles. The van der Waals surface area contributed by atoms with E-state index in [4.69, 9.17) is 11.6 Å². The zero-order valence-electron chi connectivity index (χ0n) is 8.69. The summed E-state index contributed by atoms with van der Waals surface area (Å²) < 4.78 is 14.5. The summed E-state index contributed by atoms with van der Waals surface area (Å²) in [4.78, 5) is 0. The summed E-state index contributed by atoms with van der Waals surface area (Å²) in [5, 5.41) is 3.85. The molecule has 0 radical (unpaired) electrons. The molecule has 0 saturated heterocycles. The summed E-state index contributed by atoms with van der Waals surface area (Å²) in [6, 6.07) is 3.42. The van der Waals surface area contributed by atoms with Gasteiger partial charge < -0.3 is 5.32 Å². The van der Waals surface area contributed by atoms with E-state index in [0.29, 0.717) is 11.6 Å². The Morgan fingerprint density at radius 3 is 3.06 bits per heavy atom. The standard InChI is InChI=1S/C12H12BrClFN/c1-7(14)6-16-11-5-2-8-10(15)4-3-9(13)12(8)11/h3-4,11,16H,1-2,5-6H2. The van der Waals surface area contributed by atoms with Crippen LogP contribution in [-0.2, 0) is 6.42 Å². The number of benzene rings is 1. The normalized spacial score (nSPS) is 18.6. The number of fused-ring (bicyclic) bond motifs is 1. The van der Waals surface area contributed by atoms with Crippen molar-refractivity contribution in [2.24, 2.45) is 0 Å². The Balaban J connectivity index is 2.25. The fourth-order valence-corrected chi connectivity index (χ4v) is 2.84. The molecule has 0 amide bonds. The van der Waals surface area contributed by atoms with Gasteiger partial charge in [0.05, 0.1) is 0 Å². The lowest BCUT2D eigenvalue weighted by Crippen LogP contribution is -2.20. The fourth-order valence-electron chi connectivity index (χ4n) is 2.11. The first kappa shape index (κ1) is 12.1. The van der Waals surface area contributed by atoms with Crippen LogP contribution in [0.1, 0.15) is 23.6 Å². The maximum Gasteiger partial charge on any atom is 0.126 e. The van der Waals surface area contributed by atoms with E-state index >= 15 is 0 Å². The molecule has 1 aromatic rings. The van der Waals surface area contributed by atoms with Gasteiger partial charge in [0.15, 0.2) is 0 Å². The average Bonchev–Trinajstić information content (AvgIpc) is 2.65. The Kier molecular flexibility index (Phi) is 3.67. The van der Waals surface area contributed by atoms with E-state index in [2.05, 4.69) is 27.8 Å². The summed E-state index contributed by atoms with van der Waals surface area (Å²) in [6.45, 7) is 4.18. The van der Waals surface area contributed by atoms with Crippen LogP contribution in [0.15, 0.2) is 28.2 Å². The number of nitrogens with one attached hydrogen (secondary N) is 1. The molecule has 1 N–H and O–H groups in total. The maximum atomic E-state index is 13.6. The molecule has 1 unspecified atom stereocenters. The van der Waals surface area contributed by atoms with Gasteiger partial charge in [-0.25, -0.2) is 4.39 Å². The minimum absolute atomic E-state index is 0.118. The number of hydrogen-bond donors (Lipinski definition) is 1. The van der Waals surface area contributed by atoms with Gasteiger partial charge in [-0.05, 0) is 36.1 Å². The van der Waals surface area contributed by atoms with Gasteiger partial charge in [0.25, 0.3) is 0 Å². The van der Waals surface area contributed by atoms with Crippen molar-refractivity contribution in [1.82, 2.24) is 5.32 Å². The Labute approximate surface area is 108 Å². The zero-order valence-corrected chi connectivity index (χ0v) is 11.0. The van der Waals surface area contributed by atoms with Crippen molar-refractivity contribution in [3.63, 3.8) is 0 Å². The van der Waals surface area contributed by atoms with Gasteiger partial charge in [-0.15, -0.1) is 0 Å². The number of rotatable bonds is 3. The van der Waals surface area contributed by atoms with Gasteiger partial charge in [-0.2, -0.15) is 0 Å². The largest absolute Gasteiger partial charge is 0.305 e. The molecular formula is C12H12BrClFN. The first-order chi connectivity index (χ1) is 7.59. The Morgan fingerprint density at radius 2 is 2.38 bits per heavy atom. The summed E-state index contributed by atoms with van der Waals surface area (Å²) in [6.07, 6.45) is 1.67. The molecule has 0 aliphatic heterocycles. The van der Waals surface area contributed by atoms with Crippen LogP contribution in [0.2, 0.25) is 0 Å². The van der Waals surface area contributed by atoms with Crippen LogP contribution < -0.4 is 5.32 Å².